The molecule has 5 nitrogen and oxygen atoms in total. The number of H-pyrrole nitrogens is 1. The maximum atomic E-state index is 14.1. The van der Waals surface area contributed by atoms with E-state index in [0.717, 1.165) is 33.3 Å². The van der Waals surface area contributed by atoms with Crippen LogP contribution in [0.15, 0.2) is 72.8 Å². The topological polar surface area (TPSA) is 56.4 Å². The van der Waals surface area contributed by atoms with Gasteiger partial charge in [-0.3, -0.25) is 9.59 Å². The summed E-state index contributed by atoms with van der Waals surface area (Å²) in [5, 5.41) is 1.65. The zero-order chi connectivity index (χ0) is 24.3. The van der Waals surface area contributed by atoms with Crippen LogP contribution in [-0.4, -0.2) is 39.7 Å². The minimum absolute atomic E-state index is 0.0311. The van der Waals surface area contributed by atoms with Crippen LogP contribution >= 0.6 is 11.6 Å². The summed E-state index contributed by atoms with van der Waals surface area (Å²) in [6, 6.07) is 21.6. The summed E-state index contributed by atoms with van der Waals surface area (Å²) in [4.78, 5) is 34.4. The zero-order valence-electron chi connectivity index (χ0n) is 19.1. The van der Waals surface area contributed by atoms with Gasteiger partial charge in [-0.1, -0.05) is 60.1 Å². The molecule has 0 aliphatic carbocycles. The van der Waals surface area contributed by atoms with E-state index < -0.39 is 5.54 Å². The lowest BCUT2D eigenvalue weighted by atomic mass is 9.76. The first-order valence-corrected chi connectivity index (χ1v) is 12.0. The van der Waals surface area contributed by atoms with Crippen LogP contribution in [0.5, 0.6) is 0 Å². The van der Waals surface area contributed by atoms with Gasteiger partial charge in [-0.15, -0.1) is 0 Å². The molecule has 0 bridgehead atoms. The van der Waals surface area contributed by atoms with Crippen LogP contribution in [0.1, 0.15) is 35.2 Å². The Kier molecular flexibility index (Phi) is 4.97. The lowest BCUT2D eigenvalue weighted by Crippen LogP contribution is -2.67. The second-order valence-corrected chi connectivity index (χ2v) is 9.80. The van der Waals surface area contributed by atoms with Crippen molar-refractivity contribution in [2.45, 2.75) is 24.9 Å². The summed E-state index contributed by atoms with van der Waals surface area (Å²) < 4.78 is 13.4. The molecular weight excluding hydrogens is 465 g/mol. The molecule has 176 valence electrons. The molecule has 3 heterocycles. The van der Waals surface area contributed by atoms with E-state index in [2.05, 4.69) is 4.98 Å². The van der Waals surface area contributed by atoms with Gasteiger partial charge in [0.1, 0.15) is 12.4 Å². The Balaban J connectivity index is 1.51. The van der Waals surface area contributed by atoms with Crippen LogP contribution in [0.3, 0.4) is 0 Å². The Bertz CT molecular complexity index is 1480. The molecule has 0 saturated carbocycles. The van der Waals surface area contributed by atoms with Gasteiger partial charge in [0, 0.05) is 34.9 Å². The number of nitrogens with zero attached hydrogens (tertiary/aromatic N) is 2. The van der Waals surface area contributed by atoms with Crippen molar-refractivity contribution in [1.82, 2.24) is 14.8 Å². The minimum atomic E-state index is -1.19. The molecule has 1 fully saturated rings. The van der Waals surface area contributed by atoms with Gasteiger partial charge in [-0.05, 0) is 47.9 Å². The maximum absolute atomic E-state index is 14.1. The van der Waals surface area contributed by atoms with E-state index in [1.54, 1.807) is 21.9 Å². The Morgan fingerprint density at radius 3 is 2.51 bits per heavy atom. The zero-order valence-corrected chi connectivity index (χ0v) is 19.8. The summed E-state index contributed by atoms with van der Waals surface area (Å²) in [5.41, 5.74) is 3.13. The smallest absolute Gasteiger partial charge is 0.255 e. The molecule has 7 heteroatoms. The standard InChI is InChI=1S/C28H23ClFN3O2/c1-28-26-25(20-7-3-5-9-23(20)31-26)21(19-6-2-4-8-22(19)29)15-33(28)24(34)16-32(27(28)35)14-17-10-12-18(30)13-11-17/h2-13,21,31H,14-16H2,1H3/t21-,28+/m1/s1. The first kappa shape index (κ1) is 21.9. The Hall–Kier alpha value is -3.64. The number of amides is 2. The number of nitrogens with one attached hydrogen (secondary N) is 1. The highest BCUT2D eigenvalue weighted by molar-refractivity contribution is 6.31. The molecule has 1 saturated heterocycles. The Morgan fingerprint density at radius 1 is 1.03 bits per heavy atom. The van der Waals surface area contributed by atoms with Crippen LogP contribution in [0, 0.1) is 5.82 Å². The third kappa shape index (κ3) is 3.27. The van der Waals surface area contributed by atoms with Gasteiger partial charge < -0.3 is 14.8 Å². The molecule has 1 N–H and O–H groups in total. The maximum Gasteiger partial charge on any atom is 0.255 e. The Morgan fingerprint density at radius 2 is 1.74 bits per heavy atom. The van der Waals surface area contributed by atoms with Gasteiger partial charge >= 0.3 is 0 Å². The fourth-order valence-electron chi connectivity index (χ4n) is 5.65. The van der Waals surface area contributed by atoms with E-state index >= 15 is 0 Å². The molecule has 1 aromatic heterocycles. The summed E-state index contributed by atoms with van der Waals surface area (Å²) in [6.07, 6.45) is 0. The fourth-order valence-corrected chi connectivity index (χ4v) is 5.92. The van der Waals surface area contributed by atoms with Crippen molar-refractivity contribution >= 4 is 34.3 Å². The number of aromatic nitrogens is 1. The second kappa shape index (κ2) is 7.95. The van der Waals surface area contributed by atoms with Crippen LogP contribution in [0.2, 0.25) is 5.02 Å². The van der Waals surface area contributed by atoms with Gasteiger partial charge in [0.25, 0.3) is 5.91 Å². The molecule has 2 atom stereocenters. The lowest BCUT2D eigenvalue weighted by Gasteiger charge is -2.51. The molecular formula is C28H23ClFN3O2. The number of halogens is 2. The van der Waals surface area contributed by atoms with Crippen molar-refractivity contribution in [3.8, 4) is 0 Å². The van der Waals surface area contributed by atoms with Crippen LogP contribution < -0.4 is 0 Å². The van der Waals surface area contributed by atoms with Gasteiger partial charge in [-0.2, -0.15) is 0 Å². The summed E-state index contributed by atoms with van der Waals surface area (Å²) in [5.74, 6) is -0.806. The van der Waals surface area contributed by atoms with E-state index in [9.17, 15) is 14.0 Å². The predicted molar refractivity (Wildman–Crippen MR) is 132 cm³/mol. The van der Waals surface area contributed by atoms with Crippen LogP contribution in [0.25, 0.3) is 10.9 Å². The molecule has 3 aromatic carbocycles. The van der Waals surface area contributed by atoms with Crippen LogP contribution in [-0.2, 0) is 21.7 Å². The summed E-state index contributed by atoms with van der Waals surface area (Å²) >= 11 is 6.63. The van der Waals surface area contributed by atoms with E-state index in [-0.39, 0.29) is 36.6 Å². The average Bonchev–Trinajstić information content (AvgIpc) is 3.25. The number of carbonyl (C=O) groups excluding carboxylic acids is 2. The highest BCUT2D eigenvalue weighted by Gasteiger charge is 2.56. The first-order valence-electron chi connectivity index (χ1n) is 11.6. The van der Waals surface area contributed by atoms with E-state index in [1.165, 1.54) is 12.1 Å². The SMILES string of the molecule is C[C@]12C(=O)N(Cc3ccc(F)cc3)CC(=O)N1C[C@H](c1ccccc1Cl)c1c2[nH]c2ccccc12. The minimum Gasteiger partial charge on any atom is -0.356 e. The molecule has 2 amide bonds. The van der Waals surface area contributed by atoms with Crippen molar-refractivity contribution in [3.05, 3.63) is 106 Å². The molecule has 0 unspecified atom stereocenters. The highest BCUT2D eigenvalue weighted by atomic mass is 35.5. The molecule has 4 aromatic rings. The number of piperazine rings is 1. The number of carbonyl (C=O) groups is 2. The number of benzene rings is 3. The van der Waals surface area contributed by atoms with Crippen molar-refractivity contribution in [2.75, 3.05) is 13.1 Å². The van der Waals surface area contributed by atoms with Gasteiger partial charge in [0.05, 0.1) is 5.69 Å². The second-order valence-electron chi connectivity index (χ2n) is 9.40. The molecule has 0 radical (unpaired) electrons. The highest BCUT2D eigenvalue weighted by Crippen LogP contribution is 2.49. The molecule has 0 spiro atoms. The van der Waals surface area contributed by atoms with E-state index in [0.29, 0.717) is 11.6 Å². The molecule has 6 rings (SSSR count). The van der Waals surface area contributed by atoms with Gasteiger partial charge in [0.15, 0.2) is 5.54 Å². The lowest BCUT2D eigenvalue weighted by molar-refractivity contribution is -0.166. The van der Waals surface area contributed by atoms with Gasteiger partial charge in [-0.25, -0.2) is 4.39 Å². The number of rotatable bonds is 3. The monoisotopic (exact) mass is 487 g/mol. The number of hydrogen-bond acceptors (Lipinski definition) is 2. The predicted octanol–water partition coefficient (Wildman–Crippen LogP) is 5.19. The first-order chi connectivity index (χ1) is 16.9. The van der Waals surface area contributed by atoms with Gasteiger partial charge in [0.2, 0.25) is 5.91 Å². The fraction of sp³-hybridized carbons (Fsp3) is 0.214. The van der Waals surface area contributed by atoms with E-state index in [4.69, 9.17) is 11.6 Å². The largest absolute Gasteiger partial charge is 0.356 e. The average molecular weight is 488 g/mol. The van der Waals surface area contributed by atoms with Crippen molar-refractivity contribution in [2.24, 2.45) is 0 Å². The van der Waals surface area contributed by atoms with E-state index in [1.807, 2.05) is 55.5 Å². The molecule has 2 aliphatic heterocycles. The molecule has 35 heavy (non-hydrogen) atoms. The van der Waals surface area contributed by atoms with Crippen LogP contribution in [0.4, 0.5) is 4.39 Å². The number of fused-ring (bicyclic) bond motifs is 5. The normalized spacial score (nSPS) is 21.9. The third-order valence-corrected chi connectivity index (χ3v) is 7.73. The van der Waals surface area contributed by atoms with Crippen molar-refractivity contribution < 1.29 is 14.0 Å². The number of para-hydroxylation sites is 1. The van der Waals surface area contributed by atoms with Crippen molar-refractivity contribution in [1.29, 1.82) is 0 Å². The third-order valence-electron chi connectivity index (χ3n) is 7.38. The molecule has 2 aliphatic rings. The van der Waals surface area contributed by atoms with Crippen molar-refractivity contribution in [3.63, 3.8) is 0 Å². The quantitative estimate of drug-likeness (QED) is 0.432. The summed E-state index contributed by atoms with van der Waals surface area (Å²) in [6.45, 7) is 2.37. The number of hydrogen-bond donors (Lipinski definition) is 1. The summed E-state index contributed by atoms with van der Waals surface area (Å²) in [7, 11) is 0. The Labute approximate surface area is 207 Å². The number of aromatic amines is 1.